The van der Waals surface area contributed by atoms with Gasteiger partial charge in [0.15, 0.2) is 0 Å². The van der Waals surface area contributed by atoms with Crippen LogP contribution in [0.2, 0.25) is 0 Å². The zero-order valence-corrected chi connectivity index (χ0v) is 16.5. The quantitative estimate of drug-likeness (QED) is 0.686. The highest BCUT2D eigenvalue weighted by Crippen LogP contribution is 2.26. The maximum atomic E-state index is 12.5. The number of aromatic nitrogens is 1. The van der Waals surface area contributed by atoms with Crippen molar-refractivity contribution in [3.05, 3.63) is 75.7 Å². The zero-order valence-electron chi connectivity index (χ0n) is 15.7. The van der Waals surface area contributed by atoms with E-state index in [4.69, 9.17) is 9.47 Å². The molecule has 0 spiro atoms. The van der Waals surface area contributed by atoms with E-state index in [0.717, 1.165) is 22.9 Å². The van der Waals surface area contributed by atoms with Crippen molar-refractivity contribution in [3.8, 4) is 11.5 Å². The minimum absolute atomic E-state index is 0.103. The molecule has 1 aromatic heterocycles. The van der Waals surface area contributed by atoms with Gasteiger partial charge in [-0.3, -0.25) is 4.79 Å². The first-order valence-electron chi connectivity index (χ1n) is 9.30. The Morgan fingerprint density at radius 2 is 2.18 bits per heavy atom. The summed E-state index contributed by atoms with van der Waals surface area (Å²) in [7, 11) is 0. The number of carbonyl (C=O) groups is 1. The van der Waals surface area contributed by atoms with Crippen molar-refractivity contribution < 1.29 is 14.3 Å². The van der Waals surface area contributed by atoms with E-state index in [1.54, 1.807) is 23.5 Å². The lowest BCUT2D eigenvalue weighted by Gasteiger charge is -2.25. The number of amides is 1. The number of thiazole rings is 1. The Morgan fingerprint density at radius 1 is 1.29 bits per heavy atom. The van der Waals surface area contributed by atoms with Crippen molar-refractivity contribution in [1.29, 1.82) is 0 Å². The first-order valence-corrected chi connectivity index (χ1v) is 10.2. The van der Waals surface area contributed by atoms with E-state index >= 15 is 0 Å². The summed E-state index contributed by atoms with van der Waals surface area (Å²) < 4.78 is 11.6. The number of nitrogens with zero attached hydrogens (tertiary/aromatic N) is 1. The van der Waals surface area contributed by atoms with Crippen molar-refractivity contribution in [1.82, 2.24) is 10.3 Å². The van der Waals surface area contributed by atoms with Gasteiger partial charge in [0.05, 0.1) is 17.3 Å². The van der Waals surface area contributed by atoms with E-state index in [1.165, 1.54) is 5.56 Å². The number of carbonyl (C=O) groups excluding carboxylic acids is 1. The highest BCUT2D eigenvalue weighted by molar-refractivity contribution is 7.09. The Kier molecular flexibility index (Phi) is 5.58. The molecule has 1 unspecified atom stereocenters. The van der Waals surface area contributed by atoms with Gasteiger partial charge in [0, 0.05) is 23.4 Å². The Morgan fingerprint density at radius 3 is 3.04 bits per heavy atom. The molecule has 144 valence electrons. The third-order valence-electron chi connectivity index (χ3n) is 4.66. The summed E-state index contributed by atoms with van der Waals surface area (Å²) >= 11 is 1.60. The molecule has 6 heteroatoms. The molecule has 0 radical (unpaired) electrons. The first-order chi connectivity index (χ1) is 13.7. The van der Waals surface area contributed by atoms with Crippen LogP contribution in [-0.4, -0.2) is 24.0 Å². The summed E-state index contributed by atoms with van der Waals surface area (Å²) in [5, 5.41) is 6.02. The lowest BCUT2D eigenvalue weighted by atomic mass is 9.96. The molecule has 1 N–H and O–H groups in total. The molecule has 2 aromatic carbocycles. The van der Waals surface area contributed by atoms with E-state index in [-0.39, 0.29) is 11.8 Å². The summed E-state index contributed by atoms with van der Waals surface area (Å²) in [6.45, 7) is 3.56. The standard InChI is InChI=1S/C22H22N2O3S/c1-15-24-19(14-28-15)13-26-20-7-4-6-18(10-20)22(25)23-11-16-9-17-5-2-3-8-21(17)27-12-16/h2-8,10,14,16H,9,11-13H2,1H3,(H,23,25). The zero-order chi connectivity index (χ0) is 19.3. The van der Waals surface area contributed by atoms with Crippen molar-refractivity contribution >= 4 is 17.2 Å². The number of ether oxygens (including phenoxy) is 2. The Balaban J connectivity index is 1.31. The van der Waals surface area contributed by atoms with E-state index in [0.29, 0.717) is 31.1 Å². The first kappa shape index (κ1) is 18.5. The number of fused-ring (bicyclic) bond motifs is 1. The van der Waals surface area contributed by atoms with Crippen molar-refractivity contribution in [2.45, 2.75) is 20.0 Å². The molecule has 3 aromatic rings. The van der Waals surface area contributed by atoms with Crippen LogP contribution in [0, 0.1) is 12.8 Å². The Bertz CT molecular complexity index is 970. The second kappa shape index (κ2) is 8.44. The fourth-order valence-corrected chi connectivity index (χ4v) is 3.82. The topological polar surface area (TPSA) is 60.5 Å². The molecule has 1 aliphatic rings. The Hall–Kier alpha value is -2.86. The van der Waals surface area contributed by atoms with Crippen LogP contribution in [0.4, 0.5) is 0 Å². The van der Waals surface area contributed by atoms with Gasteiger partial charge < -0.3 is 14.8 Å². The van der Waals surface area contributed by atoms with Gasteiger partial charge in [-0.2, -0.15) is 0 Å². The van der Waals surface area contributed by atoms with Gasteiger partial charge in [0.25, 0.3) is 5.91 Å². The largest absolute Gasteiger partial charge is 0.493 e. The predicted octanol–water partition coefficient (Wildman–Crippen LogP) is 4.01. The molecule has 28 heavy (non-hydrogen) atoms. The lowest BCUT2D eigenvalue weighted by Crippen LogP contribution is -2.34. The molecule has 0 aliphatic carbocycles. The van der Waals surface area contributed by atoms with Crippen LogP contribution in [0.1, 0.15) is 26.6 Å². The maximum Gasteiger partial charge on any atom is 0.251 e. The lowest BCUT2D eigenvalue weighted by molar-refractivity contribution is 0.0938. The molecule has 4 rings (SSSR count). The van der Waals surface area contributed by atoms with Crippen LogP contribution >= 0.6 is 11.3 Å². The average molecular weight is 394 g/mol. The van der Waals surface area contributed by atoms with Crippen molar-refractivity contribution in [3.63, 3.8) is 0 Å². The van der Waals surface area contributed by atoms with Gasteiger partial charge in [-0.05, 0) is 43.2 Å². The number of nitrogens with one attached hydrogen (secondary N) is 1. The van der Waals surface area contributed by atoms with Crippen LogP contribution in [0.3, 0.4) is 0 Å². The van der Waals surface area contributed by atoms with Crippen molar-refractivity contribution in [2.75, 3.05) is 13.2 Å². The Labute approximate surface area is 168 Å². The number of rotatable bonds is 6. The monoisotopic (exact) mass is 394 g/mol. The predicted molar refractivity (Wildman–Crippen MR) is 109 cm³/mol. The number of hydrogen-bond acceptors (Lipinski definition) is 5. The molecule has 2 heterocycles. The van der Waals surface area contributed by atoms with Gasteiger partial charge >= 0.3 is 0 Å². The van der Waals surface area contributed by atoms with Gasteiger partial charge in [-0.1, -0.05) is 24.3 Å². The third kappa shape index (κ3) is 4.51. The summed E-state index contributed by atoms with van der Waals surface area (Å²) in [6, 6.07) is 15.3. The van der Waals surface area contributed by atoms with Gasteiger partial charge in [-0.25, -0.2) is 4.98 Å². The van der Waals surface area contributed by atoms with Gasteiger partial charge in [-0.15, -0.1) is 11.3 Å². The van der Waals surface area contributed by atoms with Crippen LogP contribution in [-0.2, 0) is 13.0 Å². The normalized spacial score (nSPS) is 15.4. The fraction of sp³-hybridized carbons (Fsp3) is 0.273. The molecule has 0 fully saturated rings. The fourth-order valence-electron chi connectivity index (χ4n) is 3.22. The molecular formula is C22H22N2O3S. The summed E-state index contributed by atoms with van der Waals surface area (Å²) in [5.41, 5.74) is 2.68. The van der Waals surface area contributed by atoms with Crippen LogP contribution in [0.15, 0.2) is 53.9 Å². The summed E-state index contributed by atoms with van der Waals surface area (Å²) in [6.07, 6.45) is 0.909. The van der Waals surface area contributed by atoms with E-state index in [2.05, 4.69) is 16.4 Å². The molecule has 0 bridgehead atoms. The molecule has 1 amide bonds. The summed E-state index contributed by atoms with van der Waals surface area (Å²) in [4.78, 5) is 16.9. The SMILES string of the molecule is Cc1nc(COc2cccc(C(=O)NCC3COc4ccccc4C3)c2)cs1. The number of hydrogen-bond donors (Lipinski definition) is 1. The third-order valence-corrected chi connectivity index (χ3v) is 5.48. The minimum Gasteiger partial charge on any atom is -0.493 e. The number of aryl methyl sites for hydroxylation is 1. The second-order valence-corrected chi connectivity index (χ2v) is 7.94. The minimum atomic E-state index is -0.103. The highest BCUT2D eigenvalue weighted by Gasteiger charge is 2.20. The molecule has 5 nitrogen and oxygen atoms in total. The summed E-state index contributed by atoms with van der Waals surface area (Å²) in [5.74, 6) is 1.78. The number of benzene rings is 2. The molecule has 0 saturated heterocycles. The smallest absolute Gasteiger partial charge is 0.251 e. The van der Waals surface area contributed by atoms with Crippen LogP contribution < -0.4 is 14.8 Å². The second-order valence-electron chi connectivity index (χ2n) is 6.87. The number of para-hydroxylation sites is 1. The molecular weight excluding hydrogens is 372 g/mol. The van der Waals surface area contributed by atoms with Gasteiger partial charge in [0.2, 0.25) is 0 Å². The van der Waals surface area contributed by atoms with E-state index in [1.807, 2.05) is 42.6 Å². The molecule has 1 aliphatic heterocycles. The highest BCUT2D eigenvalue weighted by atomic mass is 32.1. The van der Waals surface area contributed by atoms with Gasteiger partial charge in [0.1, 0.15) is 18.1 Å². The average Bonchev–Trinajstić information content (AvgIpc) is 3.15. The molecule has 0 saturated carbocycles. The van der Waals surface area contributed by atoms with Crippen molar-refractivity contribution in [2.24, 2.45) is 5.92 Å². The van der Waals surface area contributed by atoms with E-state index in [9.17, 15) is 4.79 Å². The van der Waals surface area contributed by atoms with E-state index < -0.39 is 0 Å². The molecule has 1 atom stereocenters. The van der Waals surface area contributed by atoms with Crippen LogP contribution in [0.25, 0.3) is 0 Å². The van der Waals surface area contributed by atoms with Crippen LogP contribution in [0.5, 0.6) is 11.5 Å². The maximum absolute atomic E-state index is 12.5.